The summed E-state index contributed by atoms with van der Waals surface area (Å²) in [5.74, 6) is -0.000394. The SMILES string of the molecule is CNC1CCC(NC(=O)c2ccc(Cl)cc2)CC1. The van der Waals surface area contributed by atoms with E-state index in [1.165, 1.54) is 0 Å². The van der Waals surface area contributed by atoms with Crippen LogP contribution in [0.4, 0.5) is 0 Å². The van der Waals surface area contributed by atoms with Gasteiger partial charge in [0.2, 0.25) is 0 Å². The Bertz CT molecular complexity index is 397. The number of benzene rings is 1. The van der Waals surface area contributed by atoms with Gasteiger partial charge in [-0.15, -0.1) is 0 Å². The van der Waals surface area contributed by atoms with E-state index in [0.717, 1.165) is 25.7 Å². The van der Waals surface area contributed by atoms with Crippen molar-refractivity contribution in [3.63, 3.8) is 0 Å². The number of nitrogens with one attached hydrogen (secondary N) is 2. The van der Waals surface area contributed by atoms with E-state index in [-0.39, 0.29) is 5.91 Å². The topological polar surface area (TPSA) is 41.1 Å². The first kappa shape index (κ1) is 13.4. The molecule has 0 saturated heterocycles. The number of hydrogen-bond donors (Lipinski definition) is 2. The minimum Gasteiger partial charge on any atom is -0.349 e. The molecule has 0 atom stereocenters. The third-order valence-electron chi connectivity index (χ3n) is 3.58. The summed E-state index contributed by atoms with van der Waals surface area (Å²) in [4.78, 5) is 12.0. The summed E-state index contributed by atoms with van der Waals surface area (Å²) >= 11 is 5.80. The molecule has 0 spiro atoms. The molecule has 2 rings (SSSR count). The molecule has 1 aromatic carbocycles. The maximum atomic E-state index is 12.0. The number of carbonyl (C=O) groups is 1. The Morgan fingerprint density at radius 3 is 2.22 bits per heavy atom. The Balaban J connectivity index is 1.86. The highest BCUT2D eigenvalue weighted by molar-refractivity contribution is 6.30. The number of halogens is 1. The number of rotatable bonds is 3. The average molecular weight is 267 g/mol. The Morgan fingerprint density at radius 2 is 1.67 bits per heavy atom. The Kier molecular flexibility index (Phi) is 4.61. The maximum absolute atomic E-state index is 12.0. The lowest BCUT2D eigenvalue weighted by atomic mass is 9.91. The smallest absolute Gasteiger partial charge is 0.251 e. The number of amides is 1. The number of hydrogen-bond acceptors (Lipinski definition) is 2. The molecule has 0 unspecified atom stereocenters. The summed E-state index contributed by atoms with van der Waals surface area (Å²) in [5, 5.41) is 7.03. The van der Waals surface area contributed by atoms with Gasteiger partial charge in [0.15, 0.2) is 0 Å². The molecule has 2 N–H and O–H groups in total. The monoisotopic (exact) mass is 266 g/mol. The Hall–Kier alpha value is -1.06. The van der Waals surface area contributed by atoms with Crippen molar-refractivity contribution in [2.75, 3.05) is 7.05 Å². The first-order valence-electron chi connectivity index (χ1n) is 6.42. The van der Waals surface area contributed by atoms with Crippen LogP contribution in [0.1, 0.15) is 36.0 Å². The second-order valence-corrected chi connectivity index (χ2v) is 5.25. The molecule has 1 amide bonds. The molecule has 0 heterocycles. The van der Waals surface area contributed by atoms with Crippen LogP contribution in [0.5, 0.6) is 0 Å². The molecule has 98 valence electrons. The van der Waals surface area contributed by atoms with Crippen LogP contribution in [-0.4, -0.2) is 25.0 Å². The minimum absolute atomic E-state index is 0.000394. The largest absolute Gasteiger partial charge is 0.349 e. The van der Waals surface area contributed by atoms with Crippen LogP contribution in [0.3, 0.4) is 0 Å². The minimum atomic E-state index is -0.000394. The molecular weight excluding hydrogens is 248 g/mol. The fraction of sp³-hybridized carbons (Fsp3) is 0.500. The highest BCUT2D eigenvalue weighted by atomic mass is 35.5. The van der Waals surface area contributed by atoms with Crippen LogP contribution in [0.25, 0.3) is 0 Å². The first-order valence-corrected chi connectivity index (χ1v) is 6.80. The number of carbonyl (C=O) groups excluding carboxylic acids is 1. The van der Waals surface area contributed by atoms with Gasteiger partial charge in [0.05, 0.1) is 0 Å². The van der Waals surface area contributed by atoms with Gasteiger partial charge < -0.3 is 10.6 Å². The first-order chi connectivity index (χ1) is 8.69. The van der Waals surface area contributed by atoms with E-state index < -0.39 is 0 Å². The zero-order valence-corrected chi connectivity index (χ0v) is 11.3. The molecule has 18 heavy (non-hydrogen) atoms. The highest BCUT2D eigenvalue weighted by Gasteiger charge is 2.21. The van der Waals surface area contributed by atoms with Crippen molar-refractivity contribution in [2.45, 2.75) is 37.8 Å². The molecule has 4 heteroatoms. The van der Waals surface area contributed by atoms with E-state index in [1.807, 2.05) is 7.05 Å². The van der Waals surface area contributed by atoms with Gasteiger partial charge in [-0.2, -0.15) is 0 Å². The second kappa shape index (κ2) is 6.21. The third kappa shape index (κ3) is 3.47. The van der Waals surface area contributed by atoms with Crippen molar-refractivity contribution in [1.29, 1.82) is 0 Å². The molecule has 1 aliphatic rings. The van der Waals surface area contributed by atoms with Crippen molar-refractivity contribution in [2.24, 2.45) is 0 Å². The summed E-state index contributed by atoms with van der Waals surface area (Å²) in [5.41, 5.74) is 0.676. The van der Waals surface area contributed by atoms with Gasteiger partial charge in [0.25, 0.3) is 5.91 Å². The van der Waals surface area contributed by atoms with Gasteiger partial charge in [-0.1, -0.05) is 11.6 Å². The molecule has 1 aromatic rings. The summed E-state index contributed by atoms with van der Waals surface area (Å²) in [7, 11) is 2.00. The molecule has 1 aliphatic carbocycles. The van der Waals surface area contributed by atoms with E-state index in [4.69, 9.17) is 11.6 Å². The fourth-order valence-corrected chi connectivity index (χ4v) is 2.52. The van der Waals surface area contributed by atoms with Crippen LogP contribution in [-0.2, 0) is 0 Å². The molecule has 1 fully saturated rings. The lowest BCUT2D eigenvalue weighted by Gasteiger charge is -2.28. The van der Waals surface area contributed by atoms with Crippen LogP contribution in [0, 0.1) is 0 Å². The molecule has 0 radical (unpaired) electrons. The van der Waals surface area contributed by atoms with Gasteiger partial charge in [-0.3, -0.25) is 4.79 Å². The van der Waals surface area contributed by atoms with Crippen molar-refractivity contribution < 1.29 is 4.79 Å². The van der Waals surface area contributed by atoms with Crippen molar-refractivity contribution in [3.8, 4) is 0 Å². The molecule has 0 aliphatic heterocycles. The van der Waals surface area contributed by atoms with E-state index >= 15 is 0 Å². The second-order valence-electron chi connectivity index (χ2n) is 4.82. The zero-order valence-electron chi connectivity index (χ0n) is 10.6. The highest BCUT2D eigenvalue weighted by Crippen LogP contribution is 2.19. The standard InChI is InChI=1S/C14H19ClN2O/c1-16-12-6-8-13(9-7-12)17-14(18)10-2-4-11(15)5-3-10/h2-5,12-13,16H,6-9H2,1H3,(H,17,18). The molecular formula is C14H19ClN2O. The van der Waals surface area contributed by atoms with Gasteiger partial charge in [0.1, 0.15) is 0 Å². The van der Waals surface area contributed by atoms with E-state index in [9.17, 15) is 4.79 Å². The third-order valence-corrected chi connectivity index (χ3v) is 3.83. The quantitative estimate of drug-likeness (QED) is 0.883. The summed E-state index contributed by atoms with van der Waals surface area (Å²) < 4.78 is 0. The predicted molar refractivity (Wildman–Crippen MR) is 74.0 cm³/mol. The van der Waals surface area contributed by atoms with Crippen LogP contribution in [0.2, 0.25) is 5.02 Å². The van der Waals surface area contributed by atoms with E-state index in [1.54, 1.807) is 24.3 Å². The molecule has 0 bridgehead atoms. The van der Waals surface area contributed by atoms with E-state index in [0.29, 0.717) is 22.7 Å². The lowest BCUT2D eigenvalue weighted by Crippen LogP contribution is -2.41. The van der Waals surface area contributed by atoms with Crippen molar-refractivity contribution in [1.82, 2.24) is 10.6 Å². The predicted octanol–water partition coefficient (Wildman–Crippen LogP) is 2.60. The van der Waals surface area contributed by atoms with Crippen molar-refractivity contribution >= 4 is 17.5 Å². The maximum Gasteiger partial charge on any atom is 0.251 e. The summed E-state index contributed by atoms with van der Waals surface area (Å²) in [6.07, 6.45) is 4.35. The van der Waals surface area contributed by atoms with Crippen molar-refractivity contribution in [3.05, 3.63) is 34.9 Å². The average Bonchev–Trinajstić information content (AvgIpc) is 2.40. The van der Waals surface area contributed by atoms with Gasteiger partial charge >= 0.3 is 0 Å². The molecule has 3 nitrogen and oxygen atoms in total. The Morgan fingerprint density at radius 1 is 1.11 bits per heavy atom. The molecule has 1 saturated carbocycles. The van der Waals surface area contributed by atoms with Crippen LogP contribution < -0.4 is 10.6 Å². The summed E-state index contributed by atoms with van der Waals surface area (Å²) in [6.45, 7) is 0. The van der Waals surface area contributed by atoms with Crippen LogP contribution in [0.15, 0.2) is 24.3 Å². The summed E-state index contributed by atoms with van der Waals surface area (Å²) in [6, 6.07) is 7.92. The molecule has 0 aromatic heterocycles. The fourth-order valence-electron chi connectivity index (χ4n) is 2.40. The lowest BCUT2D eigenvalue weighted by molar-refractivity contribution is 0.0924. The van der Waals surface area contributed by atoms with Gasteiger partial charge in [-0.05, 0) is 57.0 Å². The Labute approximate surface area is 113 Å². The van der Waals surface area contributed by atoms with E-state index in [2.05, 4.69) is 10.6 Å². The van der Waals surface area contributed by atoms with Crippen LogP contribution >= 0.6 is 11.6 Å². The van der Waals surface area contributed by atoms with Gasteiger partial charge in [-0.25, -0.2) is 0 Å². The zero-order chi connectivity index (χ0) is 13.0. The van der Waals surface area contributed by atoms with Gasteiger partial charge in [0, 0.05) is 22.7 Å². The normalized spacial score (nSPS) is 23.7.